The molecule has 474 valence electrons. The first-order chi connectivity index (χ1) is 42.3. The number of nitrogens with zero attached hydrogens (tertiary/aromatic N) is 5. The average Bonchev–Trinajstić information content (AvgIpc) is 1.13. The maximum absolute atomic E-state index is 13.7. The lowest BCUT2D eigenvalue weighted by molar-refractivity contribution is -0.126. The minimum atomic E-state index is -5.75. The van der Waals surface area contributed by atoms with E-state index in [1.807, 2.05) is 52.0 Å². The second-order valence-corrected chi connectivity index (χ2v) is 23.7. The van der Waals surface area contributed by atoms with Gasteiger partial charge < -0.3 is 69.3 Å². The minimum Gasteiger partial charge on any atom is -0.491 e. The normalized spacial score (nSPS) is 15.8. The predicted octanol–water partition coefficient (Wildman–Crippen LogP) is 5.12. The van der Waals surface area contributed by atoms with Crippen LogP contribution in [0.2, 0.25) is 0 Å². The van der Waals surface area contributed by atoms with Crippen LogP contribution in [0, 0.1) is 25.7 Å². The van der Waals surface area contributed by atoms with Gasteiger partial charge in [-0.3, -0.25) is 38.2 Å². The van der Waals surface area contributed by atoms with Crippen LogP contribution in [0.1, 0.15) is 80.7 Å². The minimum absolute atomic E-state index is 0.00119. The summed E-state index contributed by atoms with van der Waals surface area (Å²) in [5.41, 5.74) is 12.1. The van der Waals surface area contributed by atoms with E-state index < -0.39 is 90.2 Å². The number of aryl methyl sites for hydroxylation is 2. The van der Waals surface area contributed by atoms with Crippen LogP contribution in [0.25, 0.3) is 43.9 Å². The fourth-order valence-electron chi connectivity index (χ4n) is 8.93. The number of hydrogen-bond donors (Lipinski definition) is 10. The number of azide groups is 1. The molecule has 0 spiro atoms. The molecule has 3 aliphatic rings. The molecule has 10 N–H and O–H groups in total. The van der Waals surface area contributed by atoms with E-state index in [4.69, 9.17) is 38.7 Å². The molecule has 32 nitrogen and oxygen atoms in total. The highest BCUT2D eigenvalue weighted by molar-refractivity contribution is 7.66. The zero-order chi connectivity index (χ0) is 64.6. The fraction of sp³-hybridized carbons (Fsp3) is 0.352. The second-order valence-electron chi connectivity index (χ2n) is 19.2. The molecular weight excluding hydrogens is 1230 g/mol. The van der Waals surface area contributed by atoms with Gasteiger partial charge >= 0.3 is 35.1 Å². The van der Waals surface area contributed by atoms with Gasteiger partial charge in [0.1, 0.15) is 42.1 Å². The summed E-state index contributed by atoms with van der Waals surface area (Å²) in [6.45, 7) is 6.89. The summed E-state index contributed by atoms with van der Waals surface area (Å²) in [5.74, 6) is 2.94. The number of aromatic amines is 1. The van der Waals surface area contributed by atoms with Crippen LogP contribution in [0.15, 0.2) is 97.0 Å². The lowest BCUT2D eigenvalue weighted by atomic mass is 9.88. The van der Waals surface area contributed by atoms with Gasteiger partial charge in [-0.2, -0.15) is 8.62 Å². The first-order valence-corrected chi connectivity index (χ1v) is 31.5. The van der Waals surface area contributed by atoms with Gasteiger partial charge in [0.2, 0.25) is 5.91 Å². The van der Waals surface area contributed by atoms with Crippen LogP contribution in [0.5, 0.6) is 5.75 Å². The molecule has 0 bridgehead atoms. The van der Waals surface area contributed by atoms with E-state index >= 15 is 0 Å². The highest BCUT2D eigenvalue weighted by Gasteiger charge is 2.42. The smallest absolute Gasteiger partial charge is 0.490 e. The number of carbonyl (C=O) groups excluding carboxylic acids is 3. The number of carboxylic acid groups (broad SMARTS) is 1. The standard InChI is InChI=1S/C54H61N10O22P3/c1-5-56-42-25-44-40(21-31(42)3)49(41-22-32(4)43(57-6-2)26-45(41)84-44)39-24-34(12-14-38(39)53(69)70)51(67)60-18-17-59-50(66)33-9-7-11-36(23-33)81-30-47(62-63-55)80-20-19-79-29-46(65)58-16-8-10-35-27-64(54(71)61-52(35)68)48-15-13-37(83-48)28-82-88(75,76)86-89(77,78)85-87(72,73)74/h7,9,11-12,14,21-27,37,47-48,56H,5-6,13,15-20,28-30H2,1-4H3,(H,58,65)(H,59,66)(H,60,67)(H,69,70)(H,75,76)(H,77,78)(H,61,68,71)(H2,72,73,74)/b57-43-/t37-,47?,48+/m0/s1. The third-order valence-corrected chi connectivity index (χ3v) is 16.6. The van der Waals surface area contributed by atoms with Gasteiger partial charge in [0.05, 0.1) is 43.4 Å². The molecule has 4 aromatic rings. The van der Waals surface area contributed by atoms with Crippen LogP contribution >= 0.6 is 23.5 Å². The fourth-order valence-corrected chi connectivity index (χ4v) is 12.0. The molecular formula is C54H61N10O22P3. The number of benzene rings is 4. The van der Waals surface area contributed by atoms with Crippen molar-refractivity contribution in [3.05, 3.63) is 143 Å². The molecule has 3 unspecified atom stereocenters. The number of amides is 3. The topological polar surface area (TPSA) is 462 Å². The molecule has 3 aromatic carbocycles. The van der Waals surface area contributed by atoms with E-state index in [0.717, 1.165) is 32.9 Å². The molecule has 0 saturated carbocycles. The molecule has 1 fully saturated rings. The van der Waals surface area contributed by atoms with Crippen molar-refractivity contribution in [2.75, 3.05) is 71.1 Å². The number of nitrogens with one attached hydrogen (secondary N) is 5. The van der Waals surface area contributed by atoms with Gasteiger partial charge in [-0.1, -0.05) is 23.0 Å². The Labute approximate surface area is 505 Å². The second kappa shape index (κ2) is 30.7. The zero-order valence-corrected chi connectivity index (χ0v) is 50.6. The number of H-pyrrole nitrogens is 1. The van der Waals surface area contributed by atoms with E-state index in [1.54, 1.807) is 12.1 Å². The van der Waals surface area contributed by atoms with Gasteiger partial charge in [0.25, 0.3) is 17.4 Å². The van der Waals surface area contributed by atoms with Crippen molar-refractivity contribution in [1.29, 1.82) is 0 Å². The zero-order valence-electron chi connectivity index (χ0n) is 47.9. The van der Waals surface area contributed by atoms with Crippen LogP contribution < -0.4 is 42.6 Å². The first kappa shape index (κ1) is 68.2. The summed E-state index contributed by atoms with van der Waals surface area (Å²) >= 11 is 0. The number of anilines is 1. The maximum Gasteiger partial charge on any atom is 0.490 e. The lowest BCUT2D eigenvalue weighted by Crippen LogP contribution is -2.34. The SMILES string of the molecule is CC/N=c1/cc2oc3cc(NCC)c(C)cc3c(-c3cc(C(=O)NCCNC(=O)c4cccc(OCC(N=[N+]=[N-])OCCOCC(=O)NCC#Cc5cn([C@H]6CC[C@@H](COP(=O)(O)OP(=O)(O)OP(=O)(O)O)O6)c(=O)[nH]c5=O)c4)ccc3C(=O)O)c-2cc1C. The molecule has 1 saturated heterocycles. The number of phosphoric acid groups is 3. The summed E-state index contributed by atoms with van der Waals surface area (Å²) in [5, 5.41) is 26.7. The number of aromatic nitrogens is 2. The highest BCUT2D eigenvalue weighted by atomic mass is 31.3. The van der Waals surface area contributed by atoms with E-state index in [9.17, 15) is 57.4 Å². The highest BCUT2D eigenvalue weighted by Crippen LogP contribution is 2.66. The summed E-state index contributed by atoms with van der Waals surface area (Å²) in [7, 11) is -16.8. The monoisotopic (exact) mass is 1290 g/mol. The van der Waals surface area contributed by atoms with Crippen LogP contribution in [-0.2, 0) is 45.8 Å². The molecule has 35 heteroatoms. The Morgan fingerprint density at radius 1 is 0.888 bits per heavy atom. The van der Waals surface area contributed by atoms with Crippen molar-refractivity contribution in [1.82, 2.24) is 25.5 Å². The van der Waals surface area contributed by atoms with E-state index in [0.29, 0.717) is 46.5 Å². The van der Waals surface area contributed by atoms with Gasteiger partial charge in [-0.15, -0.1) is 0 Å². The Morgan fingerprint density at radius 2 is 1.63 bits per heavy atom. The quantitative estimate of drug-likeness (QED) is 0.00554. The Morgan fingerprint density at radius 3 is 2.33 bits per heavy atom. The van der Waals surface area contributed by atoms with Gasteiger partial charge in [-0.05, 0) is 111 Å². The Bertz CT molecular complexity index is 4080. The van der Waals surface area contributed by atoms with Crippen molar-refractivity contribution in [2.24, 2.45) is 10.1 Å². The summed E-state index contributed by atoms with van der Waals surface area (Å²) in [4.78, 5) is 123. The van der Waals surface area contributed by atoms with Gasteiger partial charge in [-0.25, -0.2) is 23.3 Å². The summed E-state index contributed by atoms with van der Waals surface area (Å²) in [6.07, 6.45) is -1.97. The van der Waals surface area contributed by atoms with Crippen molar-refractivity contribution in [3.8, 4) is 40.0 Å². The van der Waals surface area contributed by atoms with Gasteiger partial charge in [0, 0.05) is 82.7 Å². The molecule has 5 atom stereocenters. The third kappa shape index (κ3) is 19.3. The van der Waals surface area contributed by atoms with E-state index in [-0.39, 0.29) is 80.3 Å². The molecule has 3 heterocycles. The van der Waals surface area contributed by atoms with Crippen LogP contribution in [0.4, 0.5) is 5.69 Å². The predicted molar refractivity (Wildman–Crippen MR) is 315 cm³/mol. The van der Waals surface area contributed by atoms with Crippen molar-refractivity contribution >= 4 is 63.8 Å². The average molecular weight is 1300 g/mol. The van der Waals surface area contributed by atoms with Crippen molar-refractivity contribution in [2.45, 2.75) is 59.1 Å². The number of phosphoric ester groups is 1. The number of carboxylic acids is 1. The molecule has 89 heavy (non-hydrogen) atoms. The van der Waals surface area contributed by atoms with Crippen molar-refractivity contribution in [3.63, 3.8) is 0 Å². The Balaban J connectivity index is 0.845. The van der Waals surface area contributed by atoms with Crippen LogP contribution in [0.3, 0.4) is 0 Å². The third-order valence-electron chi connectivity index (χ3n) is 12.8. The van der Waals surface area contributed by atoms with E-state index in [2.05, 4.69) is 66.3 Å². The molecule has 1 aromatic heterocycles. The number of fused-ring (bicyclic) bond motifs is 2. The molecule has 1 aliphatic carbocycles. The summed E-state index contributed by atoms with van der Waals surface area (Å²) < 4.78 is 76.1. The Hall–Kier alpha value is -8.33. The number of carbonyl (C=O) groups is 4. The largest absolute Gasteiger partial charge is 0.491 e. The number of aromatic carboxylic acids is 1. The maximum atomic E-state index is 13.7. The van der Waals surface area contributed by atoms with Crippen molar-refractivity contribution < 1.29 is 94.1 Å². The molecule has 7 rings (SSSR count). The molecule has 2 aliphatic heterocycles. The molecule has 0 radical (unpaired) electrons. The van der Waals surface area contributed by atoms with E-state index in [1.165, 1.54) is 30.3 Å². The lowest BCUT2D eigenvalue weighted by Gasteiger charge is -2.20. The van der Waals surface area contributed by atoms with Crippen LogP contribution in [-0.4, -0.2) is 136 Å². The molecule has 3 amide bonds. The van der Waals surface area contributed by atoms with Gasteiger partial charge in [0.15, 0.2) is 6.23 Å². The first-order valence-electron chi connectivity index (χ1n) is 27.0. The number of hydrogen-bond acceptors (Lipinski definition) is 20. The summed E-state index contributed by atoms with van der Waals surface area (Å²) in [6, 6.07) is 18.0. The number of rotatable bonds is 29. The number of ether oxygens (including phenoxy) is 4. The Kier molecular flexibility index (Phi) is 23.5.